The molecule has 0 atom stereocenters. The number of anilines is 2. The summed E-state index contributed by atoms with van der Waals surface area (Å²) in [5.74, 6) is 0.693. The Kier molecular flexibility index (Phi) is 3.51. The van der Waals surface area contributed by atoms with E-state index in [-0.39, 0.29) is 0 Å². The lowest BCUT2D eigenvalue weighted by Gasteiger charge is -2.13. The Morgan fingerprint density at radius 3 is 2.33 bits per heavy atom. The predicted molar refractivity (Wildman–Crippen MR) is 79.0 cm³/mol. The van der Waals surface area contributed by atoms with E-state index in [0.29, 0.717) is 30.2 Å². The fraction of sp³-hybridized carbons (Fsp3) is 0.133. The maximum Gasteiger partial charge on any atom is 0.253 e. The fourth-order valence-corrected chi connectivity index (χ4v) is 2.00. The summed E-state index contributed by atoms with van der Waals surface area (Å²) in [6.07, 6.45) is 3.23. The topological polar surface area (TPSA) is 84.2 Å². The molecule has 0 amide bonds. The van der Waals surface area contributed by atoms with Crippen molar-refractivity contribution in [2.45, 2.75) is 13.1 Å². The minimum atomic E-state index is -0.509. The molecule has 2 aromatic heterocycles. The largest absolute Gasteiger partial charge is 0.467 e. The Hall–Kier alpha value is -2.89. The molecule has 0 bridgehead atoms. The number of furan rings is 1. The van der Waals surface area contributed by atoms with Gasteiger partial charge in [-0.05, 0) is 24.3 Å². The molecule has 6 heteroatoms. The van der Waals surface area contributed by atoms with Gasteiger partial charge in [0, 0.05) is 6.20 Å². The molecule has 3 aromatic rings. The number of rotatable bonds is 6. The first-order valence-corrected chi connectivity index (χ1v) is 6.49. The Bertz CT molecular complexity index is 787. The van der Waals surface area contributed by atoms with Crippen LogP contribution in [0.3, 0.4) is 0 Å². The summed E-state index contributed by atoms with van der Waals surface area (Å²) in [5.41, 5.74) is 0.380. The molecule has 0 fully saturated rings. The third-order valence-electron chi connectivity index (χ3n) is 3.10. The lowest BCUT2D eigenvalue weighted by atomic mass is 10.2. The van der Waals surface area contributed by atoms with Crippen molar-refractivity contribution in [3.63, 3.8) is 0 Å². The van der Waals surface area contributed by atoms with Crippen molar-refractivity contribution >= 4 is 11.4 Å². The quantitative estimate of drug-likeness (QED) is 0.667. The molecular weight excluding hydrogens is 270 g/mol. The van der Waals surface area contributed by atoms with Gasteiger partial charge in [-0.1, -0.05) is 6.07 Å². The lowest BCUT2D eigenvalue weighted by molar-refractivity contribution is 0.518. The molecule has 3 rings (SSSR count). The fourth-order valence-electron chi connectivity index (χ4n) is 2.00. The predicted octanol–water partition coefficient (Wildman–Crippen LogP) is 1.49. The van der Waals surface area contributed by atoms with E-state index in [4.69, 9.17) is 4.42 Å². The van der Waals surface area contributed by atoms with E-state index in [9.17, 15) is 9.59 Å². The first-order valence-electron chi connectivity index (χ1n) is 6.49. The van der Waals surface area contributed by atoms with Crippen molar-refractivity contribution in [3.8, 4) is 0 Å². The molecule has 0 aliphatic carbocycles. The van der Waals surface area contributed by atoms with Crippen LogP contribution in [-0.4, -0.2) is 4.98 Å². The van der Waals surface area contributed by atoms with E-state index in [2.05, 4.69) is 15.6 Å². The Labute approximate surface area is 120 Å². The number of nitrogens with zero attached hydrogens (tertiary/aromatic N) is 1. The van der Waals surface area contributed by atoms with E-state index in [1.165, 1.54) is 0 Å². The van der Waals surface area contributed by atoms with Gasteiger partial charge in [-0.25, -0.2) is 0 Å². The van der Waals surface area contributed by atoms with Crippen molar-refractivity contribution in [2.75, 3.05) is 10.6 Å². The van der Waals surface area contributed by atoms with Crippen LogP contribution in [0, 0.1) is 0 Å². The van der Waals surface area contributed by atoms with E-state index in [1.54, 1.807) is 24.6 Å². The van der Waals surface area contributed by atoms with Gasteiger partial charge in [-0.3, -0.25) is 14.6 Å². The van der Waals surface area contributed by atoms with Gasteiger partial charge in [0.25, 0.3) is 10.9 Å². The van der Waals surface area contributed by atoms with Crippen molar-refractivity contribution < 1.29 is 4.42 Å². The molecule has 0 aliphatic rings. The third-order valence-corrected chi connectivity index (χ3v) is 3.10. The smallest absolute Gasteiger partial charge is 0.253 e. The van der Waals surface area contributed by atoms with E-state index in [1.807, 2.05) is 18.2 Å². The zero-order chi connectivity index (χ0) is 14.7. The third kappa shape index (κ3) is 2.69. The van der Waals surface area contributed by atoms with Crippen LogP contribution in [0.5, 0.6) is 0 Å². The van der Waals surface area contributed by atoms with Crippen molar-refractivity contribution in [1.82, 2.24) is 4.98 Å². The number of pyridine rings is 1. The highest BCUT2D eigenvalue weighted by Crippen LogP contribution is 2.16. The molecule has 0 saturated heterocycles. The van der Waals surface area contributed by atoms with Gasteiger partial charge in [0.05, 0.1) is 25.0 Å². The highest BCUT2D eigenvalue weighted by atomic mass is 16.3. The van der Waals surface area contributed by atoms with Crippen LogP contribution in [0.2, 0.25) is 0 Å². The summed E-state index contributed by atoms with van der Waals surface area (Å²) in [6.45, 7) is 0.747. The first kappa shape index (κ1) is 13.1. The van der Waals surface area contributed by atoms with Crippen molar-refractivity contribution in [2.24, 2.45) is 0 Å². The second-order valence-corrected chi connectivity index (χ2v) is 4.52. The van der Waals surface area contributed by atoms with E-state index in [0.717, 1.165) is 5.69 Å². The van der Waals surface area contributed by atoms with Crippen LogP contribution in [-0.2, 0) is 13.1 Å². The number of aromatic nitrogens is 1. The monoisotopic (exact) mass is 283 g/mol. The SMILES string of the molecule is O=c1c(NCc2ccccn2)c(NCc2ccco2)c1=O. The van der Waals surface area contributed by atoms with E-state index >= 15 is 0 Å². The van der Waals surface area contributed by atoms with Gasteiger partial charge >= 0.3 is 0 Å². The molecule has 0 spiro atoms. The molecular formula is C15H13N3O3. The summed E-state index contributed by atoms with van der Waals surface area (Å²) < 4.78 is 5.17. The van der Waals surface area contributed by atoms with E-state index < -0.39 is 10.9 Å². The lowest BCUT2D eigenvalue weighted by Crippen LogP contribution is -2.37. The minimum absolute atomic E-state index is 0.298. The van der Waals surface area contributed by atoms with Crippen LogP contribution >= 0.6 is 0 Å². The highest BCUT2D eigenvalue weighted by molar-refractivity contribution is 5.73. The summed E-state index contributed by atoms with van der Waals surface area (Å²) in [7, 11) is 0. The van der Waals surface area contributed by atoms with Gasteiger partial charge in [0.2, 0.25) is 0 Å². The number of hydrogen-bond acceptors (Lipinski definition) is 6. The zero-order valence-electron chi connectivity index (χ0n) is 11.1. The van der Waals surface area contributed by atoms with Crippen LogP contribution < -0.4 is 21.5 Å². The van der Waals surface area contributed by atoms with Crippen molar-refractivity contribution in [1.29, 1.82) is 0 Å². The van der Waals surface area contributed by atoms with Crippen LogP contribution in [0.15, 0.2) is 56.8 Å². The van der Waals surface area contributed by atoms with Crippen LogP contribution in [0.1, 0.15) is 11.5 Å². The molecule has 0 unspecified atom stereocenters. The average Bonchev–Trinajstić information content (AvgIpc) is 3.04. The van der Waals surface area contributed by atoms with Crippen molar-refractivity contribution in [3.05, 3.63) is 74.7 Å². The van der Waals surface area contributed by atoms with Gasteiger partial charge in [-0.15, -0.1) is 0 Å². The molecule has 1 aromatic carbocycles. The van der Waals surface area contributed by atoms with Crippen LogP contribution in [0.4, 0.5) is 11.4 Å². The molecule has 0 radical (unpaired) electrons. The van der Waals surface area contributed by atoms with Gasteiger partial charge in [0.1, 0.15) is 17.1 Å². The van der Waals surface area contributed by atoms with Crippen LogP contribution in [0.25, 0.3) is 0 Å². The zero-order valence-corrected chi connectivity index (χ0v) is 11.1. The summed E-state index contributed by atoms with van der Waals surface area (Å²) in [4.78, 5) is 27.3. The average molecular weight is 283 g/mol. The molecule has 106 valence electrons. The molecule has 2 heterocycles. The van der Waals surface area contributed by atoms with Gasteiger partial charge in [-0.2, -0.15) is 0 Å². The van der Waals surface area contributed by atoms with Gasteiger partial charge < -0.3 is 15.1 Å². The molecule has 21 heavy (non-hydrogen) atoms. The molecule has 0 aliphatic heterocycles. The highest BCUT2D eigenvalue weighted by Gasteiger charge is 2.20. The number of hydrogen-bond donors (Lipinski definition) is 2. The second kappa shape index (κ2) is 5.62. The Balaban J connectivity index is 1.67. The maximum absolute atomic E-state index is 11.6. The molecule has 0 saturated carbocycles. The van der Waals surface area contributed by atoms with Gasteiger partial charge in [0.15, 0.2) is 0 Å². The second-order valence-electron chi connectivity index (χ2n) is 4.52. The molecule has 6 nitrogen and oxygen atoms in total. The Morgan fingerprint density at radius 1 is 0.952 bits per heavy atom. The maximum atomic E-state index is 11.6. The summed E-state index contributed by atoms with van der Waals surface area (Å²) >= 11 is 0. The summed E-state index contributed by atoms with van der Waals surface area (Å²) in [5, 5.41) is 5.87. The summed E-state index contributed by atoms with van der Waals surface area (Å²) in [6, 6.07) is 9.08. The Morgan fingerprint density at radius 2 is 1.71 bits per heavy atom. The normalized spacial score (nSPS) is 10.7. The molecule has 2 N–H and O–H groups in total. The first-order chi connectivity index (χ1) is 10.3. The standard InChI is InChI=1S/C15H13N3O3/c19-14-12(17-8-10-4-1-2-6-16-10)13(15(14)20)18-9-11-5-3-7-21-11/h1-7,17-18H,8-9H2. The number of nitrogens with one attached hydrogen (secondary N) is 2. The minimum Gasteiger partial charge on any atom is -0.467 e.